The van der Waals surface area contributed by atoms with Crippen molar-refractivity contribution in [2.24, 2.45) is 0 Å². The van der Waals surface area contributed by atoms with Crippen LogP contribution in [0.25, 0.3) is 0 Å². The molecule has 0 aliphatic carbocycles. The monoisotopic (exact) mass is 432 g/mol. The SMILES string of the molecule is O=C(COc1cccc(Cl)c1Cl)N1CCN(c2cccc(C(F)(F)F)c2)CC1. The Labute approximate surface area is 170 Å². The lowest BCUT2D eigenvalue weighted by Crippen LogP contribution is -2.50. The molecule has 0 saturated carbocycles. The van der Waals surface area contributed by atoms with E-state index in [9.17, 15) is 18.0 Å². The van der Waals surface area contributed by atoms with Crippen molar-refractivity contribution in [3.63, 3.8) is 0 Å². The summed E-state index contributed by atoms with van der Waals surface area (Å²) < 4.78 is 44.1. The topological polar surface area (TPSA) is 32.8 Å². The summed E-state index contributed by atoms with van der Waals surface area (Å²) in [7, 11) is 0. The molecular weight excluding hydrogens is 416 g/mol. The minimum absolute atomic E-state index is 0.191. The lowest BCUT2D eigenvalue weighted by atomic mass is 10.1. The molecule has 28 heavy (non-hydrogen) atoms. The summed E-state index contributed by atoms with van der Waals surface area (Å²) in [6.07, 6.45) is -4.38. The highest BCUT2D eigenvalue weighted by molar-refractivity contribution is 6.42. The van der Waals surface area contributed by atoms with E-state index in [2.05, 4.69) is 0 Å². The van der Waals surface area contributed by atoms with Gasteiger partial charge in [0.1, 0.15) is 10.8 Å². The molecule has 0 bridgehead atoms. The summed E-state index contributed by atoms with van der Waals surface area (Å²) >= 11 is 11.9. The van der Waals surface area contributed by atoms with E-state index in [4.69, 9.17) is 27.9 Å². The summed E-state index contributed by atoms with van der Waals surface area (Å²) in [5.41, 5.74) is -0.195. The largest absolute Gasteiger partial charge is 0.482 e. The van der Waals surface area contributed by atoms with Gasteiger partial charge in [0.2, 0.25) is 0 Å². The third-order valence-electron chi connectivity index (χ3n) is 4.44. The van der Waals surface area contributed by atoms with Crippen molar-refractivity contribution < 1.29 is 22.7 Å². The second-order valence-corrected chi connectivity index (χ2v) is 7.04. The maximum atomic E-state index is 12.9. The van der Waals surface area contributed by atoms with Gasteiger partial charge in [0.05, 0.1) is 10.6 Å². The van der Waals surface area contributed by atoms with Crippen molar-refractivity contribution >= 4 is 34.8 Å². The van der Waals surface area contributed by atoms with Crippen LogP contribution in [0.1, 0.15) is 5.56 Å². The molecule has 0 aromatic heterocycles. The van der Waals surface area contributed by atoms with Crippen LogP contribution in [0.3, 0.4) is 0 Å². The molecule has 1 aliphatic rings. The molecule has 0 spiro atoms. The average Bonchev–Trinajstić information content (AvgIpc) is 2.68. The molecule has 2 aromatic rings. The molecule has 9 heteroatoms. The van der Waals surface area contributed by atoms with Gasteiger partial charge in [-0.3, -0.25) is 4.79 Å². The zero-order valence-electron chi connectivity index (χ0n) is 14.7. The average molecular weight is 433 g/mol. The third kappa shape index (κ3) is 4.83. The zero-order valence-corrected chi connectivity index (χ0v) is 16.2. The normalized spacial score (nSPS) is 14.9. The molecular formula is C19H17Cl2F3N2O2. The Hall–Kier alpha value is -2.12. The summed E-state index contributed by atoms with van der Waals surface area (Å²) in [5, 5.41) is 0.577. The molecule has 2 aromatic carbocycles. The van der Waals surface area contributed by atoms with E-state index in [1.165, 1.54) is 6.07 Å². The molecule has 0 radical (unpaired) electrons. The Bertz CT molecular complexity index is 853. The fraction of sp³-hybridized carbons (Fsp3) is 0.316. The number of halogens is 5. The predicted molar refractivity (Wildman–Crippen MR) is 102 cm³/mol. The van der Waals surface area contributed by atoms with Gasteiger partial charge < -0.3 is 14.5 Å². The van der Waals surface area contributed by atoms with Crippen LogP contribution in [-0.4, -0.2) is 43.6 Å². The molecule has 1 saturated heterocycles. The lowest BCUT2D eigenvalue weighted by Gasteiger charge is -2.36. The number of anilines is 1. The molecule has 0 atom stereocenters. The van der Waals surface area contributed by atoms with Crippen LogP contribution in [-0.2, 0) is 11.0 Å². The standard InChI is InChI=1S/C19H17Cl2F3N2O2/c20-15-5-2-6-16(18(15)21)28-12-17(27)26-9-7-25(8-10-26)14-4-1-3-13(11-14)19(22,23)24/h1-6,11H,7-10,12H2. The van der Waals surface area contributed by atoms with E-state index in [-0.39, 0.29) is 17.5 Å². The van der Waals surface area contributed by atoms with Gasteiger partial charge in [-0.15, -0.1) is 0 Å². The van der Waals surface area contributed by atoms with Crippen LogP contribution in [0.15, 0.2) is 42.5 Å². The van der Waals surface area contributed by atoms with Crippen molar-refractivity contribution in [1.29, 1.82) is 0 Å². The Balaban J connectivity index is 1.55. The molecule has 1 amide bonds. The first-order chi connectivity index (χ1) is 13.3. The Morgan fingerprint density at radius 2 is 1.71 bits per heavy atom. The van der Waals surface area contributed by atoms with E-state index in [0.717, 1.165) is 12.1 Å². The third-order valence-corrected chi connectivity index (χ3v) is 5.24. The molecule has 4 nitrogen and oxygen atoms in total. The van der Waals surface area contributed by atoms with Crippen LogP contribution in [0, 0.1) is 0 Å². The molecule has 0 unspecified atom stereocenters. The minimum Gasteiger partial charge on any atom is -0.482 e. The highest BCUT2D eigenvalue weighted by Crippen LogP contribution is 2.32. The Kier molecular flexibility index (Phi) is 6.25. The maximum absolute atomic E-state index is 12.9. The first-order valence-electron chi connectivity index (χ1n) is 8.52. The van der Waals surface area contributed by atoms with Crippen LogP contribution in [0.2, 0.25) is 10.0 Å². The molecule has 0 N–H and O–H groups in total. The second kappa shape index (κ2) is 8.49. The Morgan fingerprint density at radius 3 is 2.39 bits per heavy atom. The van der Waals surface area contributed by atoms with E-state index >= 15 is 0 Å². The highest BCUT2D eigenvalue weighted by atomic mass is 35.5. The van der Waals surface area contributed by atoms with Gasteiger partial charge in [0, 0.05) is 31.9 Å². The van der Waals surface area contributed by atoms with Crippen LogP contribution < -0.4 is 9.64 Å². The number of ether oxygens (including phenoxy) is 1. The van der Waals surface area contributed by atoms with E-state index < -0.39 is 11.7 Å². The summed E-state index contributed by atoms with van der Waals surface area (Å²) in [5.74, 6) is 0.102. The number of rotatable bonds is 4. The number of alkyl halides is 3. The van der Waals surface area contributed by atoms with Gasteiger partial charge >= 0.3 is 6.18 Å². The van der Waals surface area contributed by atoms with Crippen molar-refractivity contribution in [3.8, 4) is 5.75 Å². The van der Waals surface area contributed by atoms with E-state index in [1.807, 2.05) is 4.90 Å². The quantitative estimate of drug-likeness (QED) is 0.699. The van der Waals surface area contributed by atoms with Crippen LogP contribution in [0.4, 0.5) is 18.9 Å². The summed E-state index contributed by atoms with van der Waals surface area (Å²) in [4.78, 5) is 15.8. The molecule has 3 rings (SSSR count). The van der Waals surface area contributed by atoms with Gasteiger partial charge in [0.15, 0.2) is 6.61 Å². The highest BCUT2D eigenvalue weighted by Gasteiger charge is 2.31. The maximum Gasteiger partial charge on any atom is 0.416 e. The number of piperazine rings is 1. The smallest absolute Gasteiger partial charge is 0.416 e. The van der Waals surface area contributed by atoms with Crippen LogP contribution >= 0.6 is 23.2 Å². The van der Waals surface area contributed by atoms with Gasteiger partial charge in [-0.1, -0.05) is 35.3 Å². The van der Waals surface area contributed by atoms with Gasteiger partial charge in [-0.2, -0.15) is 13.2 Å². The number of benzene rings is 2. The molecule has 1 fully saturated rings. The molecule has 1 heterocycles. The van der Waals surface area contributed by atoms with Crippen molar-refractivity contribution in [1.82, 2.24) is 4.90 Å². The number of amides is 1. The number of nitrogens with zero attached hydrogens (tertiary/aromatic N) is 2. The molecule has 1 aliphatic heterocycles. The fourth-order valence-corrected chi connectivity index (χ4v) is 3.27. The zero-order chi connectivity index (χ0) is 20.3. The van der Waals surface area contributed by atoms with Gasteiger partial charge in [-0.25, -0.2) is 0 Å². The van der Waals surface area contributed by atoms with E-state index in [1.54, 1.807) is 29.2 Å². The number of carbonyl (C=O) groups is 1. The Morgan fingerprint density at radius 1 is 1.04 bits per heavy atom. The summed E-state index contributed by atoms with van der Waals surface area (Å²) in [6, 6.07) is 10.1. The van der Waals surface area contributed by atoms with Crippen molar-refractivity contribution in [3.05, 3.63) is 58.1 Å². The van der Waals surface area contributed by atoms with E-state index in [0.29, 0.717) is 42.6 Å². The number of hydrogen-bond acceptors (Lipinski definition) is 3. The van der Waals surface area contributed by atoms with Crippen molar-refractivity contribution in [2.75, 3.05) is 37.7 Å². The number of carbonyl (C=O) groups excluding carboxylic acids is 1. The summed E-state index contributed by atoms with van der Waals surface area (Å²) in [6.45, 7) is 1.46. The fourth-order valence-electron chi connectivity index (χ4n) is 2.92. The molecule has 150 valence electrons. The lowest BCUT2D eigenvalue weighted by molar-refractivity contribution is -0.137. The number of hydrogen-bond donors (Lipinski definition) is 0. The van der Waals surface area contributed by atoms with Crippen LogP contribution in [0.5, 0.6) is 5.75 Å². The van der Waals surface area contributed by atoms with Gasteiger partial charge in [-0.05, 0) is 30.3 Å². The second-order valence-electron chi connectivity index (χ2n) is 6.26. The first kappa shape index (κ1) is 20.6. The first-order valence-corrected chi connectivity index (χ1v) is 9.28. The van der Waals surface area contributed by atoms with Crippen molar-refractivity contribution in [2.45, 2.75) is 6.18 Å². The van der Waals surface area contributed by atoms with Gasteiger partial charge in [0.25, 0.3) is 5.91 Å². The predicted octanol–water partition coefficient (Wildman–Crippen LogP) is 4.74. The minimum atomic E-state index is -4.38.